The van der Waals surface area contributed by atoms with Gasteiger partial charge in [0, 0.05) is 6.54 Å². The maximum atomic E-state index is 11.9. The predicted octanol–water partition coefficient (Wildman–Crippen LogP) is -0.737. The van der Waals surface area contributed by atoms with E-state index in [4.69, 9.17) is 11.6 Å². The number of sulfone groups is 1. The van der Waals surface area contributed by atoms with Crippen molar-refractivity contribution in [2.45, 2.75) is 23.5 Å². The van der Waals surface area contributed by atoms with Crippen molar-refractivity contribution in [3.63, 3.8) is 0 Å². The van der Waals surface area contributed by atoms with E-state index in [1.807, 2.05) is 0 Å². The van der Waals surface area contributed by atoms with E-state index in [9.17, 15) is 21.6 Å². The molecular weight excluding hydrogens is 318 g/mol. The van der Waals surface area contributed by atoms with E-state index in [1.54, 1.807) is 0 Å². The Balaban J connectivity index is 2.56. The Morgan fingerprint density at radius 2 is 1.95 bits per heavy atom. The van der Waals surface area contributed by atoms with Gasteiger partial charge in [0.05, 0.1) is 23.9 Å². The van der Waals surface area contributed by atoms with Crippen molar-refractivity contribution in [1.82, 2.24) is 4.72 Å². The summed E-state index contributed by atoms with van der Waals surface area (Å²) in [6.07, 6.45) is 0.117. The van der Waals surface area contributed by atoms with Gasteiger partial charge in [0.15, 0.2) is 0 Å². The van der Waals surface area contributed by atoms with Gasteiger partial charge in [0.2, 0.25) is 10.0 Å². The number of ether oxygens (including phenoxy) is 1. The zero-order valence-corrected chi connectivity index (χ0v) is 12.7. The van der Waals surface area contributed by atoms with Crippen LogP contribution in [0.15, 0.2) is 0 Å². The van der Waals surface area contributed by atoms with Crippen LogP contribution >= 0.6 is 11.6 Å². The van der Waals surface area contributed by atoms with Gasteiger partial charge in [-0.25, -0.2) is 21.6 Å². The van der Waals surface area contributed by atoms with Gasteiger partial charge in [-0.05, 0) is 12.8 Å². The third-order valence-corrected chi connectivity index (χ3v) is 6.83. The molecule has 1 aliphatic rings. The summed E-state index contributed by atoms with van der Waals surface area (Å²) in [6.45, 7) is -0.278. The Hall–Kier alpha value is -0.380. The van der Waals surface area contributed by atoms with Crippen LogP contribution in [-0.4, -0.2) is 58.6 Å². The lowest BCUT2D eigenvalue weighted by atomic mass is 10.2. The summed E-state index contributed by atoms with van der Waals surface area (Å²) < 4.78 is 52.8. The number of esters is 1. The van der Waals surface area contributed by atoms with E-state index < -0.39 is 36.5 Å². The quantitative estimate of drug-likeness (QED) is 0.525. The van der Waals surface area contributed by atoms with Crippen LogP contribution < -0.4 is 4.72 Å². The van der Waals surface area contributed by atoms with Gasteiger partial charge in [0.1, 0.15) is 15.2 Å². The number of halogens is 1. The third-order valence-electron chi connectivity index (χ3n) is 2.86. The van der Waals surface area contributed by atoms with Crippen molar-refractivity contribution in [1.29, 1.82) is 0 Å². The summed E-state index contributed by atoms with van der Waals surface area (Å²) in [7, 11) is -5.64. The maximum absolute atomic E-state index is 11.9. The molecule has 19 heavy (non-hydrogen) atoms. The van der Waals surface area contributed by atoms with Crippen molar-refractivity contribution in [3.05, 3.63) is 0 Å². The highest BCUT2D eigenvalue weighted by Gasteiger charge is 2.33. The molecule has 10 heteroatoms. The first-order valence-corrected chi connectivity index (χ1v) is 9.39. The van der Waals surface area contributed by atoms with Crippen LogP contribution in [0.25, 0.3) is 0 Å². The second-order valence-electron chi connectivity index (χ2n) is 4.24. The number of sulfonamides is 1. The molecule has 1 saturated heterocycles. The minimum absolute atomic E-state index is 0.0584. The van der Waals surface area contributed by atoms with E-state index in [-0.39, 0.29) is 30.9 Å². The van der Waals surface area contributed by atoms with Crippen LogP contribution in [0.2, 0.25) is 0 Å². The number of alkyl halides is 1. The molecule has 112 valence electrons. The molecule has 1 rings (SSSR count). The fraction of sp³-hybridized carbons (Fsp3) is 0.889. The first-order valence-electron chi connectivity index (χ1n) is 5.59. The number of carbonyl (C=O) groups excluding carboxylic acids is 1. The van der Waals surface area contributed by atoms with Gasteiger partial charge in [-0.1, -0.05) is 0 Å². The fourth-order valence-electron chi connectivity index (χ4n) is 1.70. The molecule has 1 N–H and O–H groups in total. The first kappa shape index (κ1) is 16.7. The average Bonchev–Trinajstić information content (AvgIpc) is 2.34. The van der Waals surface area contributed by atoms with E-state index in [0.717, 1.165) is 7.11 Å². The molecule has 0 spiro atoms. The summed E-state index contributed by atoms with van der Waals surface area (Å²) in [6, 6.07) is 0. The number of methoxy groups -OCH3 is 1. The molecule has 1 atom stereocenters. The lowest BCUT2D eigenvalue weighted by Gasteiger charge is -2.22. The van der Waals surface area contributed by atoms with Crippen LogP contribution in [0.1, 0.15) is 12.8 Å². The Morgan fingerprint density at radius 3 is 2.42 bits per heavy atom. The van der Waals surface area contributed by atoms with Gasteiger partial charge < -0.3 is 4.74 Å². The largest absolute Gasteiger partial charge is 0.468 e. The van der Waals surface area contributed by atoms with Crippen molar-refractivity contribution >= 4 is 37.4 Å². The van der Waals surface area contributed by atoms with Crippen LogP contribution in [0.5, 0.6) is 0 Å². The monoisotopic (exact) mass is 333 g/mol. The highest BCUT2D eigenvalue weighted by Crippen LogP contribution is 2.18. The van der Waals surface area contributed by atoms with Crippen LogP contribution in [0.3, 0.4) is 0 Å². The number of rotatable bonds is 5. The smallest absolute Gasteiger partial charge is 0.325 e. The number of hydrogen-bond acceptors (Lipinski definition) is 6. The summed E-state index contributed by atoms with van der Waals surface area (Å²) in [5.41, 5.74) is 0. The molecule has 7 nitrogen and oxygen atoms in total. The normalized spacial score (nSPS) is 21.8. The standard InChI is InChI=1S/C9H16ClNO6S2/c1-17-9(12)8(10)6-11-19(15,16)7-2-4-18(13,14)5-3-7/h7-8,11H,2-6H2,1H3. The second kappa shape index (κ2) is 6.38. The van der Waals surface area contributed by atoms with Crippen LogP contribution in [0, 0.1) is 0 Å². The molecule has 0 aromatic heterocycles. The molecule has 0 bridgehead atoms. The first-order chi connectivity index (χ1) is 8.68. The number of nitrogens with one attached hydrogen (secondary N) is 1. The molecule has 0 radical (unpaired) electrons. The lowest BCUT2D eigenvalue weighted by Crippen LogP contribution is -2.42. The van der Waals surface area contributed by atoms with Crippen LogP contribution in [-0.2, 0) is 29.4 Å². The number of hydrogen-bond donors (Lipinski definition) is 1. The molecule has 0 amide bonds. The molecule has 1 fully saturated rings. The fourth-order valence-corrected chi connectivity index (χ4v) is 5.24. The summed E-state index contributed by atoms with van der Waals surface area (Å²) in [5, 5.41) is -1.87. The van der Waals surface area contributed by atoms with Gasteiger partial charge in [-0.15, -0.1) is 11.6 Å². The van der Waals surface area contributed by atoms with E-state index >= 15 is 0 Å². The zero-order valence-electron chi connectivity index (χ0n) is 10.3. The molecule has 0 aliphatic carbocycles. The molecule has 0 saturated carbocycles. The average molecular weight is 334 g/mol. The molecule has 1 aliphatic heterocycles. The highest BCUT2D eigenvalue weighted by atomic mass is 35.5. The maximum Gasteiger partial charge on any atom is 0.325 e. The van der Waals surface area contributed by atoms with Crippen molar-refractivity contribution < 1.29 is 26.4 Å². The summed E-state index contributed by atoms with van der Waals surface area (Å²) in [5.74, 6) is -1.00. The Morgan fingerprint density at radius 1 is 1.42 bits per heavy atom. The third kappa shape index (κ3) is 4.90. The molecule has 1 heterocycles. The minimum Gasteiger partial charge on any atom is -0.468 e. The van der Waals surface area contributed by atoms with Crippen molar-refractivity contribution in [2.75, 3.05) is 25.2 Å². The van der Waals surface area contributed by atoms with Crippen LogP contribution in [0.4, 0.5) is 0 Å². The highest BCUT2D eigenvalue weighted by molar-refractivity contribution is 7.92. The summed E-state index contributed by atoms with van der Waals surface area (Å²) in [4.78, 5) is 11.0. The molecular formula is C9H16ClNO6S2. The molecule has 0 aromatic rings. The van der Waals surface area contributed by atoms with Gasteiger partial charge in [-0.3, -0.25) is 4.79 Å². The predicted molar refractivity (Wildman–Crippen MR) is 70.3 cm³/mol. The Kier molecular flexibility index (Phi) is 5.60. The van der Waals surface area contributed by atoms with E-state index in [0.29, 0.717) is 0 Å². The Bertz CT molecular complexity index is 515. The summed E-state index contributed by atoms with van der Waals surface area (Å²) >= 11 is 5.62. The van der Waals surface area contributed by atoms with Gasteiger partial charge >= 0.3 is 5.97 Å². The van der Waals surface area contributed by atoms with Crippen molar-refractivity contribution in [2.24, 2.45) is 0 Å². The van der Waals surface area contributed by atoms with Crippen molar-refractivity contribution in [3.8, 4) is 0 Å². The number of carbonyl (C=O) groups is 1. The molecule has 1 unspecified atom stereocenters. The van der Waals surface area contributed by atoms with E-state index in [1.165, 1.54) is 0 Å². The second-order valence-corrected chi connectivity index (χ2v) is 9.11. The SMILES string of the molecule is COC(=O)C(Cl)CNS(=O)(=O)C1CCS(=O)(=O)CC1. The molecule has 0 aromatic carbocycles. The van der Waals surface area contributed by atoms with Gasteiger partial charge in [0.25, 0.3) is 0 Å². The minimum atomic E-state index is -3.68. The lowest BCUT2D eigenvalue weighted by molar-refractivity contribution is -0.140. The van der Waals surface area contributed by atoms with E-state index in [2.05, 4.69) is 9.46 Å². The Labute approximate surface area is 117 Å². The zero-order chi connectivity index (χ0) is 14.7. The van der Waals surface area contributed by atoms with Gasteiger partial charge in [-0.2, -0.15) is 0 Å². The topological polar surface area (TPSA) is 107 Å².